The van der Waals surface area contributed by atoms with Gasteiger partial charge in [-0.25, -0.2) is 4.98 Å². The molecule has 2 aromatic heterocycles. The monoisotopic (exact) mass is 242 g/mol. The van der Waals surface area contributed by atoms with Crippen LogP contribution in [0.5, 0.6) is 0 Å². The van der Waals surface area contributed by atoms with Crippen LogP contribution in [0.2, 0.25) is 0 Å². The molecule has 0 saturated carbocycles. The van der Waals surface area contributed by atoms with Crippen molar-refractivity contribution in [1.82, 2.24) is 14.8 Å². The van der Waals surface area contributed by atoms with Crippen LogP contribution in [0.4, 0.5) is 11.5 Å². The first-order valence-corrected chi connectivity index (χ1v) is 5.58. The van der Waals surface area contributed by atoms with Crippen molar-refractivity contribution in [3.63, 3.8) is 0 Å². The van der Waals surface area contributed by atoms with E-state index in [4.69, 9.17) is 11.0 Å². The van der Waals surface area contributed by atoms with Crippen LogP contribution in [0, 0.1) is 18.3 Å². The Morgan fingerprint density at radius 3 is 3.06 bits per heavy atom. The number of anilines is 2. The Morgan fingerprint density at radius 2 is 2.39 bits per heavy atom. The number of nitrogens with one attached hydrogen (secondary N) is 1. The summed E-state index contributed by atoms with van der Waals surface area (Å²) < 4.78 is 1.74. The van der Waals surface area contributed by atoms with Crippen LogP contribution in [0.1, 0.15) is 11.1 Å². The van der Waals surface area contributed by atoms with E-state index in [2.05, 4.69) is 21.5 Å². The summed E-state index contributed by atoms with van der Waals surface area (Å²) in [7, 11) is 0. The smallest absolute Gasteiger partial charge is 0.144 e. The quantitative estimate of drug-likeness (QED) is 0.839. The minimum absolute atomic E-state index is 0.581. The summed E-state index contributed by atoms with van der Waals surface area (Å²) in [5.74, 6) is 0.609. The fourth-order valence-electron chi connectivity index (χ4n) is 1.62. The van der Waals surface area contributed by atoms with Gasteiger partial charge in [-0.1, -0.05) is 0 Å². The van der Waals surface area contributed by atoms with Gasteiger partial charge in [-0.15, -0.1) is 0 Å². The van der Waals surface area contributed by atoms with Gasteiger partial charge < -0.3 is 11.1 Å². The average Bonchev–Trinajstić information content (AvgIpc) is 2.75. The zero-order valence-corrected chi connectivity index (χ0v) is 10.1. The van der Waals surface area contributed by atoms with Gasteiger partial charge in [-0.3, -0.25) is 4.68 Å². The zero-order valence-electron chi connectivity index (χ0n) is 10.1. The van der Waals surface area contributed by atoms with E-state index in [1.807, 2.05) is 13.0 Å². The Hall–Kier alpha value is -2.55. The molecular formula is C12H14N6. The molecule has 0 unspecified atom stereocenters. The second-order valence-electron chi connectivity index (χ2n) is 3.93. The molecule has 2 heterocycles. The number of nitrogens with zero attached hydrogens (tertiary/aromatic N) is 4. The highest BCUT2D eigenvalue weighted by Crippen LogP contribution is 2.14. The minimum Gasteiger partial charge on any atom is -0.396 e. The van der Waals surface area contributed by atoms with Gasteiger partial charge in [0.15, 0.2) is 0 Å². The number of nitrogens with two attached hydrogens (primary N) is 1. The Balaban J connectivity index is 1.99. The molecule has 0 aliphatic heterocycles. The molecule has 0 aliphatic rings. The molecule has 0 radical (unpaired) electrons. The lowest BCUT2D eigenvalue weighted by Gasteiger charge is -2.08. The van der Waals surface area contributed by atoms with E-state index in [-0.39, 0.29) is 0 Å². The Kier molecular flexibility index (Phi) is 3.44. The van der Waals surface area contributed by atoms with Crippen molar-refractivity contribution >= 4 is 11.5 Å². The second-order valence-corrected chi connectivity index (χ2v) is 3.93. The molecule has 0 fully saturated rings. The number of aryl methyl sites for hydroxylation is 1. The topological polar surface area (TPSA) is 92.6 Å². The van der Waals surface area contributed by atoms with Crippen LogP contribution < -0.4 is 11.1 Å². The molecule has 0 saturated heterocycles. The molecule has 0 atom stereocenters. The summed E-state index contributed by atoms with van der Waals surface area (Å²) in [4.78, 5) is 4.16. The first-order chi connectivity index (χ1) is 8.70. The number of nitriles is 1. The zero-order chi connectivity index (χ0) is 13.0. The SMILES string of the molecule is Cc1ccnc(NCCn2cc(N)cn2)c1C#N. The van der Waals surface area contributed by atoms with Crippen molar-refractivity contribution in [3.05, 3.63) is 35.8 Å². The van der Waals surface area contributed by atoms with Gasteiger partial charge in [0.25, 0.3) is 0 Å². The van der Waals surface area contributed by atoms with E-state index in [9.17, 15) is 0 Å². The van der Waals surface area contributed by atoms with Crippen LogP contribution in [-0.4, -0.2) is 21.3 Å². The molecule has 2 rings (SSSR count). The highest BCUT2D eigenvalue weighted by Gasteiger charge is 2.05. The standard InChI is InChI=1S/C12H14N6/c1-9-2-3-15-12(11(9)6-13)16-4-5-18-8-10(14)7-17-18/h2-3,7-8H,4-5,14H2,1H3,(H,15,16). The normalized spacial score (nSPS) is 10.0. The number of pyridine rings is 1. The first-order valence-electron chi connectivity index (χ1n) is 5.58. The Labute approximate surface area is 105 Å². The maximum absolute atomic E-state index is 9.05. The number of hydrogen-bond donors (Lipinski definition) is 2. The van der Waals surface area contributed by atoms with Gasteiger partial charge >= 0.3 is 0 Å². The van der Waals surface area contributed by atoms with Gasteiger partial charge in [0.2, 0.25) is 0 Å². The van der Waals surface area contributed by atoms with E-state index in [0.29, 0.717) is 30.2 Å². The van der Waals surface area contributed by atoms with E-state index in [0.717, 1.165) is 5.56 Å². The van der Waals surface area contributed by atoms with Crippen molar-refractivity contribution in [2.75, 3.05) is 17.6 Å². The van der Waals surface area contributed by atoms with E-state index >= 15 is 0 Å². The Morgan fingerprint density at radius 1 is 1.56 bits per heavy atom. The van der Waals surface area contributed by atoms with Crippen molar-refractivity contribution in [3.8, 4) is 6.07 Å². The predicted octanol–water partition coefficient (Wildman–Crippen LogP) is 1.15. The summed E-state index contributed by atoms with van der Waals surface area (Å²) >= 11 is 0. The molecule has 0 aromatic carbocycles. The molecule has 92 valence electrons. The molecular weight excluding hydrogens is 228 g/mol. The number of aromatic nitrogens is 3. The highest BCUT2D eigenvalue weighted by molar-refractivity contribution is 5.55. The third kappa shape index (κ3) is 2.58. The average molecular weight is 242 g/mol. The molecule has 0 amide bonds. The van der Waals surface area contributed by atoms with Crippen LogP contribution in [0.15, 0.2) is 24.7 Å². The largest absolute Gasteiger partial charge is 0.396 e. The van der Waals surface area contributed by atoms with Crippen LogP contribution >= 0.6 is 0 Å². The van der Waals surface area contributed by atoms with Crippen LogP contribution in [0.25, 0.3) is 0 Å². The number of rotatable bonds is 4. The third-order valence-electron chi connectivity index (χ3n) is 2.56. The minimum atomic E-state index is 0.581. The lowest BCUT2D eigenvalue weighted by molar-refractivity contribution is 0.637. The number of hydrogen-bond acceptors (Lipinski definition) is 5. The summed E-state index contributed by atoms with van der Waals surface area (Å²) in [6.07, 6.45) is 5.05. The number of nitrogen functional groups attached to an aromatic ring is 1. The summed E-state index contributed by atoms with van der Waals surface area (Å²) in [5, 5.41) is 16.3. The summed E-state index contributed by atoms with van der Waals surface area (Å²) in [5.41, 5.74) is 7.70. The molecule has 6 nitrogen and oxygen atoms in total. The molecule has 3 N–H and O–H groups in total. The van der Waals surface area contributed by atoms with Gasteiger partial charge in [-0.05, 0) is 18.6 Å². The van der Waals surface area contributed by atoms with Crippen molar-refractivity contribution in [1.29, 1.82) is 5.26 Å². The van der Waals surface area contributed by atoms with Crippen LogP contribution in [0.3, 0.4) is 0 Å². The van der Waals surface area contributed by atoms with Crippen molar-refractivity contribution in [2.24, 2.45) is 0 Å². The van der Waals surface area contributed by atoms with E-state index in [1.54, 1.807) is 23.3 Å². The third-order valence-corrected chi connectivity index (χ3v) is 2.56. The van der Waals surface area contributed by atoms with Gasteiger partial charge in [-0.2, -0.15) is 10.4 Å². The molecule has 6 heteroatoms. The van der Waals surface area contributed by atoms with Gasteiger partial charge in [0.1, 0.15) is 11.9 Å². The fourth-order valence-corrected chi connectivity index (χ4v) is 1.62. The summed E-state index contributed by atoms with van der Waals surface area (Å²) in [6.45, 7) is 3.18. The summed E-state index contributed by atoms with van der Waals surface area (Å²) in [6, 6.07) is 3.97. The molecule has 18 heavy (non-hydrogen) atoms. The molecule has 2 aromatic rings. The van der Waals surface area contributed by atoms with E-state index < -0.39 is 0 Å². The molecule has 0 spiro atoms. The maximum atomic E-state index is 9.05. The maximum Gasteiger partial charge on any atom is 0.144 e. The highest BCUT2D eigenvalue weighted by atomic mass is 15.3. The lowest BCUT2D eigenvalue weighted by Crippen LogP contribution is -2.12. The lowest BCUT2D eigenvalue weighted by atomic mass is 10.1. The van der Waals surface area contributed by atoms with Crippen molar-refractivity contribution in [2.45, 2.75) is 13.5 Å². The predicted molar refractivity (Wildman–Crippen MR) is 68.8 cm³/mol. The molecule has 0 aliphatic carbocycles. The van der Waals surface area contributed by atoms with Gasteiger partial charge in [0.05, 0.1) is 24.0 Å². The fraction of sp³-hybridized carbons (Fsp3) is 0.250. The molecule has 0 bridgehead atoms. The van der Waals surface area contributed by atoms with E-state index in [1.165, 1.54) is 0 Å². The first kappa shape index (κ1) is 11.9. The van der Waals surface area contributed by atoms with Crippen LogP contribution in [-0.2, 0) is 6.54 Å². The second kappa shape index (κ2) is 5.19. The van der Waals surface area contributed by atoms with Crippen molar-refractivity contribution < 1.29 is 0 Å². The Bertz CT molecular complexity index is 580. The van der Waals surface area contributed by atoms with Gasteiger partial charge in [0, 0.05) is 18.9 Å².